The maximum Gasteiger partial charge on any atom is 0.0577 e. The molecule has 0 aromatic heterocycles. The van der Waals surface area contributed by atoms with Gasteiger partial charge in [-0.15, -0.1) is 0 Å². The summed E-state index contributed by atoms with van der Waals surface area (Å²) in [5.41, 5.74) is 2.59. The van der Waals surface area contributed by atoms with Crippen molar-refractivity contribution in [2.75, 3.05) is 0 Å². The molecule has 1 nitrogen and oxygen atoms in total. The first-order valence-corrected chi connectivity index (χ1v) is 13.0. The third-order valence-electron chi connectivity index (χ3n) is 11.1. The first-order chi connectivity index (χ1) is 13.7. The Morgan fingerprint density at radius 1 is 0.966 bits per heavy atom. The summed E-state index contributed by atoms with van der Waals surface area (Å²) in [7, 11) is 0. The van der Waals surface area contributed by atoms with E-state index in [0.29, 0.717) is 10.8 Å². The van der Waals surface area contributed by atoms with E-state index in [4.69, 9.17) is 0 Å². The van der Waals surface area contributed by atoms with E-state index in [1.54, 1.807) is 5.57 Å². The van der Waals surface area contributed by atoms with Crippen LogP contribution in [0.3, 0.4) is 0 Å². The Morgan fingerprint density at radius 3 is 2.45 bits per heavy atom. The molecule has 0 saturated heterocycles. The first-order valence-electron chi connectivity index (χ1n) is 13.0. The molecule has 3 fully saturated rings. The highest BCUT2D eigenvalue weighted by atomic mass is 16.3. The maximum absolute atomic E-state index is 10.2. The summed E-state index contributed by atoms with van der Waals surface area (Å²) in [4.78, 5) is 0. The smallest absolute Gasteiger partial charge is 0.0577 e. The molecule has 1 N–H and O–H groups in total. The second kappa shape index (κ2) is 7.99. The van der Waals surface area contributed by atoms with E-state index in [0.717, 1.165) is 54.3 Å². The van der Waals surface area contributed by atoms with Crippen molar-refractivity contribution in [2.45, 2.75) is 112 Å². The maximum atomic E-state index is 10.2. The van der Waals surface area contributed by atoms with Gasteiger partial charge >= 0.3 is 0 Å². The first kappa shape index (κ1) is 21.9. The lowest BCUT2D eigenvalue weighted by atomic mass is 9.47. The molecule has 0 heterocycles. The van der Waals surface area contributed by atoms with Gasteiger partial charge in [-0.1, -0.05) is 66.0 Å². The number of hydrogen-bond donors (Lipinski definition) is 1. The third kappa shape index (κ3) is 3.66. The van der Waals surface area contributed by atoms with E-state index < -0.39 is 0 Å². The largest absolute Gasteiger partial charge is 0.393 e. The zero-order valence-corrected chi connectivity index (χ0v) is 20.2. The van der Waals surface area contributed by atoms with Crippen molar-refractivity contribution in [3.63, 3.8) is 0 Å². The van der Waals surface area contributed by atoms with Crippen LogP contribution in [0.5, 0.6) is 0 Å². The Bertz CT molecular complexity index is 620. The van der Waals surface area contributed by atoms with Crippen LogP contribution in [-0.4, -0.2) is 11.2 Å². The highest BCUT2D eigenvalue weighted by Gasteiger charge is 2.59. The molecule has 4 unspecified atom stereocenters. The quantitative estimate of drug-likeness (QED) is 0.470. The molecule has 0 amide bonds. The molecular formula is C28H48O. The van der Waals surface area contributed by atoms with Crippen molar-refractivity contribution in [1.29, 1.82) is 0 Å². The molecule has 0 aliphatic heterocycles. The van der Waals surface area contributed by atoms with Crippen LogP contribution in [0.25, 0.3) is 0 Å². The molecule has 0 aromatic carbocycles. The molecule has 0 spiro atoms. The molecule has 0 radical (unpaired) electrons. The molecule has 0 aromatic rings. The summed E-state index contributed by atoms with van der Waals surface area (Å²) in [5.74, 6) is 6.24. The Hall–Kier alpha value is -0.300. The van der Waals surface area contributed by atoms with Gasteiger partial charge in [0.15, 0.2) is 0 Å². The molecule has 4 rings (SSSR count). The Kier molecular flexibility index (Phi) is 6.04. The minimum atomic E-state index is -0.0790. The number of hydrogen-bond acceptors (Lipinski definition) is 1. The van der Waals surface area contributed by atoms with Gasteiger partial charge in [0.2, 0.25) is 0 Å². The summed E-state index contributed by atoms with van der Waals surface area (Å²) >= 11 is 0. The van der Waals surface area contributed by atoms with Gasteiger partial charge in [0, 0.05) is 0 Å². The van der Waals surface area contributed by atoms with Gasteiger partial charge in [0.05, 0.1) is 6.10 Å². The summed E-state index contributed by atoms with van der Waals surface area (Å²) < 4.78 is 0. The molecule has 29 heavy (non-hydrogen) atoms. The molecule has 3 saturated carbocycles. The van der Waals surface area contributed by atoms with Gasteiger partial charge in [0.25, 0.3) is 0 Å². The number of aliphatic hydroxyl groups excluding tert-OH is 1. The van der Waals surface area contributed by atoms with Crippen molar-refractivity contribution in [3.8, 4) is 0 Å². The number of fused-ring (bicyclic) bond motifs is 5. The highest BCUT2D eigenvalue weighted by molar-refractivity contribution is 5.25. The molecular weight excluding hydrogens is 352 g/mol. The predicted molar refractivity (Wildman–Crippen MR) is 124 cm³/mol. The van der Waals surface area contributed by atoms with E-state index in [2.05, 4.69) is 47.6 Å². The number of rotatable bonds is 5. The standard InChI is InChI=1S/C28H48O/c1-18(2)19(3)7-8-20(4)24-11-12-25-23-10-9-21-17-22(29)13-15-27(21,5)26(23)14-16-28(24,25)6/h9,18-20,22-26,29H,7-8,10-17H2,1-6H3/t19-,20-,22+,23?,24-,25+,26?,27?,28?/m1/s1. The molecule has 4 aliphatic rings. The molecule has 1 heteroatoms. The van der Waals surface area contributed by atoms with Crippen molar-refractivity contribution in [1.82, 2.24) is 0 Å². The number of allylic oxidation sites excluding steroid dienone is 1. The van der Waals surface area contributed by atoms with Gasteiger partial charge in [-0.25, -0.2) is 0 Å². The monoisotopic (exact) mass is 400 g/mol. The van der Waals surface area contributed by atoms with Crippen molar-refractivity contribution in [2.24, 2.45) is 52.3 Å². The summed E-state index contributed by atoms with van der Waals surface area (Å²) in [5, 5.41) is 10.2. The van der Waals surface area contributed by atoms with Crippen molar-refractivity contribution < 1.29 is 5.11 Å². The second-order valence-electron chi connectivity index (χ2n) is 12.7. The van der Waals surface area contributed by atoms with E-state index in [9.17, 15) is 5.11 Å². The lowest BCUT2D eigenvalue weighted by Crippen LogP contribution is -2.50. The van der Waals surface area contributed by atoms with Crippen LogP contribution in [-0.2, 0) is 0 Å². The summed E-state index contributed by atoms with van der Waals surface area (Å²) in [6.07, 6.45) is 15.7. The van der Waals surface area contributed by atoms with E-state index in [1.807, 2.05) is 0 Å². The van der Waals surface area contributed by atoms with Crippen LogP contribution < -0.4 is 0 Å². The lowest BCUT2D eigenvalue weighted by Gasteiger charge is -2.58. The minimum absolute atomic E-state index is 0.0790. The zero-order chi connectivity index (χ0) is 21.0. The van der Waals surface area contributed by atoms with E-state index in [1.165, 1.54) is 51.4 Å². The van der Waals surface area contributed by atoms with Crippen molar-refractivity contribution in [3.05, 3.63) is 11.6 Å². The van der Waals surface area contributed by atoms with Gasteiger partial charge in [-0.3, -0.25) is 0 Å². The fourth-order valence-electron chi connectivity index (χ4n) is 8.68. The Labute approximate surface area is 181 Å². The second-order valence-corrected chi connectivity index (χ2v) is 12.7. The van der Waals surface area contributed by atoms with Gasteiger partial charge in [-0.2, -0.15) is 0 Å². The number of aliphatic hydroxyl groups is 1. The van der Waals surface area contributed by atoms with Crippen LogP contribution in [0.1, 0.15) is 106 Å². The fraction of sp³-hybridized carbons (Fsp3) is 0.929. The Morgan fingerprint density at radius 2 is 1.72 bits per heavy atom. The Balaban J connectivity index is 1.49. The highest BCUT2D eigenvalue weighted by Crippen LogP contribution is 2.67. The normalized spacial score (nSPS) is 46.5. The molecule has 9 atom stereocenters. The van der Waals surface area contributed by atoms with E-state index in [-0.39, 0.29) is 6.10 Å². The average Bonchev–Trinajstić information content (AvgIpc) is 3.03. The summed E-state index contributed by atoms with van der Waals surface area (Å²) in [6.45, 7) is 15.1. The lowest BCUT2D eigenvalue weighted by molar-refractivity contribution is -0.0574. The van der Waals surface area contributed by atoms with Crippen molar-refractivity contribution >= 4 is 0 Å². The molecule has 166 valence electrons. The molecule has 0 bridgehead atoms. The summed E-state index contributed by atoms with van der Waals surface area (Å²) in [6, 6.07) is 0. The SMILES string of the molecule is CC(C)[C@H](C)CC[C@@H](C)[C@H]1CC[C@H]2C3CC=C4C[C@@H](O)CCC4(C)C3CCC12C. The van der Waals surface area contributed by atoms with Gasteiger partial charge < -0.3 is 5.11 Å². The third-order valence-corrected chi connectivity index (χ3v) is 11.1. The minimum Gasteiger partial charge on any atom is -0.393 e. The van der Waals surface area contributed by atoms with Crippen LogP contribution in [0.2, 0.25) is 0 Å². The van der Waals surface area contributed by atoms with Gasteiger partial charge in [-0.05, 0) is 104 Å². The van der Waals surface area contributed by atoms with Crippen LogP contribution in [0, 0.1) is 52.3 Å². The van der Waals surface area contributed by atoms with Crippen LogP contribution >= 0.6 is 0 Å². The van der Waals surface area contributed by atoms with Gasteiger partial charge in [0.1, 0.15) is 0 Å². The zero-order valence-electron chi connectivity index (χ0n) is 20.2. The van der Waals surface area contributed by atoms with Crippen LogP contribution in [0.15, 0.2) is 11.6 Å². The predicted octanol–water partition coefficient (Wildman–Crippen LogP) is 7.63. The van der Waals surface area contributed by atoms with E-state index >= 15 is 0 Å². The fourth-order valence-corrected chi connectivity index (χ4v) is 8.68. The molecule has 4 aliphatic carbocycles. The van der Waals surface area contributed by atoms with Crippen LogP contribution in [0.4, 0.5) is 0 Å². The topological polar surface area (TPSA) is 20.2 Å². The average molecular weight is 401 g/mol.